The SMILES string of the molecule is C=C(C)C(=O)OCCC(O[Si](C)(C)C)[SiH](C)C. The lowest BCUT2D eigenvalue weighted by Crippen LogP contribution is -2.39. The van der Waals surface area contributed by atoms with Crippen LogP contribution in [-0.4, -0.2) is 35.4 Å². The van der Waals surface area contributed by atoms with Gasteiger partial charge in [0.25, 0.3) is 0 Å². The summed E-state index contributed by atoms with van der Waals surface area (Å²) in [4.78, 5) is 11.2. The molecule has 1 unspecified atom stereocenters. The highest BCUT2D eigenvalue weighted by Crippen LogP contribution is 2.13. The van der Waals surface area contributed by atoms with Crippen molar-refractivity contribution >= 4 is 23.1 Å². The number of hydrogen-bond donors (Lipinski definition) is 0. The number of esters is 1. The van der Waals surface area contributed by atoms with Gasteiger partial charge in [-0.2, -0.15) is 0 Å². The maximum Gasteiger partial charge on any atom is 0.333 e. The van der Waals surface area contributed by atoms with E-state index in [9.17, 15) is 4.79 Å². The van der Waals surface area contributed by atoms with E-state index in [4.69, 9.17) is 9.16 Å². The molecule has 0 heterocycles. The number of carbonyl (C=O) groups is 1. The second kappa shape index (κ2) is 7.13. The van der Waals surface area contributed by atoms with Crippen LogP contribution in [0.4, 0.5) is 0 Å². The van der Waals surface area contributed by atoms with Gasteiger partial charge in [-0.1, -0.05) is 19.7 Å². The van der Waals surface area contributed by atoms with Crippen molar-refractivity contribution < 1.29 is 14.0 Å². The fourth-order valence-corrected chi connectivity index (χ4v) is 5.52. The molecule has 0 fully saturated rings. The Hall–Kier alpha value is -0.396. The van der Waals surface area contributed by atoms with E-state index in [2.05, 4.69) is 39.3 Å². The highest BCUT2D eigenvalue weighted by molar-refractivity contribution is 6.71. The topological polar surface area (TPSA) is 35.5 Å². The lowest BCUT2D eigenvalue weighted by Gasteiger charge is -2.28. The third-order valence-electron chi connectivity index (χ3n) is 2.23. The van der Waals surface area contributed by atoms with Crippen LogP contribution in [0.3, 0.4) is 0 Å². The largest absolute Gasteiger partial charge is 0.462 e. The summed E-state index contributed by atoms with van der Waals surface area (Å²) in [5, 5.41) is 0. The van der Waals surface area contributed by atoms with Gasteiger partial charge in [-0.25, -0.2) is 4.79 Å². The fraction of sp³-hybridized carbons (Fsp3) is 0.750. The Morgan fingerprint density at radius 3 is 2.24 bits per heavy atom. The van der Waals surface area contributed by atoms with E-state index in [1.807, 2.05) is 0 Å². The number of hydrogen-bond acceptors (Lipinski definition) is 3. The van der Waals surface area contributed by atoms with Gasteiger partial charge in [-0.15, -0.1) is 0 Å². The quantitative estimate of drug-likeness (QED) is 0.407. The summed E-state index contributed by atoms with van der Waals surface area (Å²) in [5.74, 6) is -0.304. The van der Waals surface area contributed by atoms with Gasteiger partial charge in [-0.05, 0) is 26.6 Å². The lowest BCUT2D eigenvalue weighted by molar-refractivity contribution is -0.139. The highest BCUT2D eigenvalue weighted by Gasteiger charge is 2.24. The van der Waals surface area contributed by atoms with Crippen LogP contribution in [0.15, 0.2) is 12.2 Å². The first kappa shape index (κ1) is 16.6. The van der Waals surface area contributed by atoms with Crippen LogP contribution < -0.4 is 0 Å². The molecule has 0 aromatic carbocycles. The Bertz CT molecular complexity index is 269. The molecule has 0 saturated heterocycles. The van der Waals surface area contributed by atoms with E-state index < -0.39 is 17.1 Å². The number of rotatable bonds is 7. The van der Waals surface area contributed by atoms with Crippen LogP contribution in [0.5, 0.6) is 0 Å². The van der Waals surface area contributed by atoms with E-state index in [1.54, 1.807) is 6.92 Å². The van der Waals surface area contributed by atoms with Crippen LogP contribution in [0.25, 0.3) is 0 Å². The second-order valence-corrected chi connectivity index (χ2v) is 13.4. The molecule has 0 N–H and O–H groups in total. The maximum absolute atomic E-state index is 11.2. The van der Waals surface area contributed by atoms with E-state index in [0.29, 0.717) is 17.9 Å². The van der Waals surface area contributed by atoms with Crippen LogP contribution in [0, 0.1) is 0 Å². The van der Waals surface area contributed by atoms with Crippen LogP contribution in [0.1, 0.15) is 13.3 Å². The van der Waals surface area contributed by atoms with Gasteiger partial charge in [0.15, 0.2) is 8.32 Å². The molecule has 0 aliphatic heterocycles. The summed E-state index contributed by atoms with van der Waals surface area (Å²) in [6, 6.07) is 0. The Balaban J connectivity index is 4.11. The number of carbonyl (C=O) groups excluding carboxylic acids is 1. The molecule has 17 heavy (non-hydrogen) atoms. The van der Waals surface area contributed by atoms with Gasteiger partial charge in [-0.3, -0.25) is 0 Å². The first-order valence-electron chi connectivity index (χ1n) is 6.14. The van der Waals surface area contributed by atoms with E-state index in [-0.39, 0.29) is 5.97 Å². The molecule has 0 radical (unpaired) electrons. The Labute approximate surface area is 108 Å². The molecule has 1 atom stereocenters. The van der Waals surface area contributed by atoms with Gasteiger partial charge in [0.2, 0.25) is 0 Å². The summed E-state index contributed by atoms with van der Waals surface area (Å²) < 4.78 is 11.2. The third kappa shape index (κ3) is 8.34. The molecule has 0 aromatic rings. The minimum atomic E-state index is -1.51. The average Bonchev–Trinajstić information content (AvgIpc) is 2.13. The smallest absolute Gasteiger partial charge is 0.333 e. The first-order valence-corrected chi connectivity index (χ1v) is 12.5. The normalized spacial score (nSPS) is 13.6. The van der Waals surface area contributed by atoms with E-state index in [0.717, 1.165) is 6.42 Å². The summed E-state index contributed by atoms with van der Waals surface area (Å²) in [5.41, 5.74) is 0.758. The van der Waals surface area contributed by atoms with Crippen molar-refractivity contribution in [3.8, 4) is 0 Å². The summed E-state index contributed by atoms with van der Waals surface area (Å²) >= 11 is 0. The Morgan fingerprint density at radius 2 is 1.88 bits per heavy atom. The molecule has 0 amide bonds. The Morgan fingerprint density at radius 1 is 1.35 bits per heavy atom. The van der Waals surface area contributed by atoms with Crippen molar-refractivity contribution in [2.24, 2.45) is 0 Å². The highest BCUT2D eigenvalue weighted by atomic mass is 28.4. The number of ether oxygens (including phenoxy) is 1. The predicted molar refractivity (Wildman–Crippen MR) is 77.5 cm³/mol. The van der Waals surface area contributed by atoms with Gasteiger partial charge in [0.05, 0.1) is 15.4 Å². The monoisotopic (exact) mass is 274 g/mol. The van der Waals surface area contributed by atoms with Crippen molar-refractivity contribution in [2.45, 2.75) is 51.8 Å². The minimum absolute atomic E-state index is 0.304. The van der Waals surface area contributed by atoms with Gasteiger partial charge >= 0.3 is 5.97 Å². The molecule has 0 spiro atoms. The molecule has 5 heteroatoms. The predicted octanol–water partition coefficient (Wildman–Crippen LogP) is 2.74. The zero-order chi connectivity index (χ0) is 13.6. The molecule has 0 saturated carbocycles. The van der Waals surface area contributed by atoms with Gasteiger partial charge in [0.1, 0.15) is 0 Å². The molecule has 0 aromatic heterocycles. The molecule has 0 rings (SSSR count). The second-order valence-electron chi connectivity index (χ2n) is 5.72. The zero-order valence-corrected chi connectivity index (χ0v) is 14.2. The molecule has 0 bridgehead atoms. The lowest BCUT2D eigenvalue weighted by atomic mass is 10.4. The fourth-order valence-electron chi connectivity index (χ4n) is 1.37. The summed E-state index contributed by atoms with van der Waals surface area (Å²) in [6.07, 6.45) is 0.813. The van der Waals surface area contributed by atoms with Crippen LogP contribution >= 0.6 is 0 Å². The molecule has 3 nitrogen and oxygen atoms in total. The van der Waals surface area contributed by atoms with Crippen molar-refractivity contribution in [3.05, 3.63) is 12.2 Å². The molecular formula is C12H26O3Si2. The first-order chi connectivity index (χ1) is 7.63. The third-order valence-corrected chi connectivity index (χ3v) is 5.47. The van der Waals surface area contributed by atoms with E-state index >= 15 is 0 Å². The minimum Gasteiger partial charge on any atom is -0.462 e. The standard InChI is InChI=1S/C12H26O3Si2/c1-10(2)12(13)14-9-8-11(16(3)4)15-17(5,6)7/h11,16H,1,8-9H2,2-7H3. The van der Waals surface area contributed by atoms with E-state index in [1.165, 1.54) is 0 Å². The summed E-state index contributed by atoms with van der Waals surface area (Å²) in [7, 11) is -2.38. The van der Waals surface area contributed by atoms with Crippen molar-refractivity contribution in [3.63, 3.8) is 0 Å². The Kier molecular flexibility index (Phi) is 6.96. The molecule has 0 aliphatic carbocycles. The van der Waals surface area contributed by atoms with Crippen LogP contribution in [0.2, 0.25) is 32.7 Å². The van der Waals surface area contributed by atoms with Gasteiger partial charge in [0, 0.05) is 17.7 Å². The summed E-state index contributed by atoms with van der Waals surface area (Å²) in [6.45, 7) is 16.8. The van der Waals surface area contributed by atoms with Crippen LogP contribution in [-0.2, 0) is 14.0 Å². The van der Waals surface area contributed by atoms with Crippen molar-refractivity contribution in [1.29, 1.82) is 0 Å². The average molecular weight is 275 g/mol. The van der Waals surface area contributed by atoms with Gasteiger partial charge < -0.3 is 9.16 Å². The van der Waals surface area contributed by atoms with Crippen molar-refractivity contribution in [1.82, 2.24) is 0 Å². The zero-order valence-electron chi connectivity index (χ0n) is 12.0. The maximum atomic E-state index is 11.2. The molecule has 0 aliphatic rings. The molecule has 100 valence electrons. The van der Waals surface area contributed by atoms with Crippen molar-refractivity contribution in [2.75, 3.05) is 6.61 Å². The molecular weight excluding hydrogens is 248 g/mol.